The molecule has 1 aromatic heterocycles. The summed E-state index contributed by atoms with van der Waals surface area (Å²) in [5, 5.41) is 11.7. The molecule has 2 heterocycles. The summed E-state index contributed by atoms with van der Waals surface area (Å²) < 4.78 is 6.10. The molecule has 1 saturated heterocycles. The molecule has 2 atom stereocenters. The second-order valence-corrected chi connectivity index (χ2v) is 9.51. The molecule has 1 fully saturated rings. The van der Waals surface area contributed by atoms with E-state index in [2.05, 4.69) is 17.1 Å². The van der Waals surface area contributed by atoms with Gasteiger partial charge in [0.2, 0.25) is 5.91 Å². The van der Waals surface area contributed by atoms with E-state index in [4.69, 9.17) is 4.74 Å². The van der Waals surface area contributed by atoms with Crippen LogP contribution in [0.4, 0.5) is 0 Å². The summed E-state index contributed by atoms with van der Waals surface area (Å²) in [5.41, 5.74) is 4.23. The Morgan fingerprint density at radius 2 is 1.74 bits per heavy atom. The number of hydrogen-bond acceptors (Lipinski definition) is 4. The fourth-order valence-corrected chi connectivity index (χ4v) is 4.94. The molecule has 0 spiro atoms. The van der Waals surface area contributed by atoms with Crippen LogP contribution in [0.1, 0.15) is 41.8 Å². The maximum Gasteiger partial charge on any atom is 0.233 e. The Labute approximate surface area is 206 Å². The lowest BCUT2D eigenvalue weighted by Gasteiger charge is -2.25. The fraction of sp³-hybridized carbons (Fsp3) is 0.267. The van der Waals surface area contributed by atoms with Crippen molar-refractivity contribution in [3.05, 3.63) is 107 Å². The highest BCUT2D eigenvalue weighted by atomic mass is 16.5. The van der Waals surface area contributed by atoms with E-state index in [0.29, 0.717) is 19.7 Å². The maximum atomic E-state index is 13.3. The first kappa shape index (κ1) is 23.1. The first-order valence-corrected chi connectivity index (χ1v) is 12.0. The highest BCUT2D eigenvalue weighted by Gasteiger charge is 2.44. The summed E-state index contributed by atoms with van der Waals surface area (Å²) in [7, 11) is 0. The Hall–Kier alpha value is -3.70. The van der Waals surface area contributed by atoms with Gasteiger partial charge in [0.15, 0.2) is 0 Å². The third-order valence-corrected chi connectivity index (χ3v) is 7.03. The van der Waals surface area contributed by atoms with Crippen LogP contribution < -0.4 is 4.74 Å². The van der Waals surface area contributed by atoms with Gasteiger partial charge >= 0.3 is 0 Å². The monoisotopic (exact) mass is 466 g/mol. The van der Waals surface area contributed by atoms with Gasteiger partial charge in [-0.3, -0.25) is 9.78 Å². The SMILES string of the molecule is Cc1cc(COc2ccc(C3(C)CCN(CC(O)c4ccccc4)C3=O)cc2)c2ccccc2n1. The number of fused-ring (bicyclic) bond motifs is 1. The van der Waals surface area contributed by atoms with Crippen LogP contribution in [0, 0.1) is 6.92 Å². The number of pyridine rings is 1. The number of hydrogen-bond donors (Lipinski definition) is 1. The molecule has 178 valence electrons. The van der Waals surface area contributed by atoms with E-state index in [9.17, 15) is 9.90 Å². The number of aliphatic hydroxyl groups excluding tert-OH is 1. The molecule has 1 aliphatic rings. The minimum Gasteiger partial charge on any atom is -0.489 e. The van der Waals surface area contributed by atoms with Crippen LogP contribution >= 0.6 is 0 Å². The van der Waals surface area contributed by atoms with Crippen molar-refractivity contribution in [2.75, 3.05) is 13.1 Å². The molecular weight excluding hydrogens is 436 g/mol. The lowest BCUT2D eigenvalue weighted by atomic mass is 9.81. The molecular formula is C30H30N2O3. The standard InChI is InChI=1S/C30H30N2O3/c1-21-18-23(26-10-6-7-11-27(26)31-21)20-35-25-14-12-24(13-15-25)30(2)16-17-32(29(30)34)19-28(33)22-8-4-3-5-9-22/h3-15,18,28,33H,16-17,19-20H2,1-2H3. The van der Waals surface area contributed by atoms with Gasteiger partial charge in [-0.25, -0.2) is 0 Å². The zero-order chi connectivity index (χ0) is 24.4. The van der Waals surface area contributed by atoms with Crippen LogP contribution in [0.15, 0.2) is 84.9 Å². The largest absolute Gasteiger partial charge is 0.489 e. The van der Waals surface area contributed by atoms with Crippen LogP contribution in [-0.2, 0) is 16.8 Å². The van der Waals surface area contributed by atoms with Crippen LogP contribution in [0.25, 0.3) is 10.9 Å². The number of β-amino-alcohol motifs (C(OH)–C–C–N with tert-alkyl or cyclic N) is 1. The molecule has 5 rings (SSSR count). The topological polar surface area (TPSA) is 62.7 Å². The molecule has 0 radical (unpaired) electrons. The highest BCUT2D eigenvalue weighted by molar-refractivity contribution is 5.90. The van der Waals surface area contributed by atoms with Gasteiger partial charge in [0.1, 0.15) is 12.4 Å². The van der Waals surface area contributed by atoms with E-state index in [1.165, 1.54) is 0 Å². The summed E-state index contributed by atoms with van der Waals surface area (Å²) in [5.74, 6) is 0.817. The van der Waals surface area contributed by atoms with Crippen LogP contribution in [0.3, 0.4) is 0 Å². The summed E-state index contributed by atoms with van der Waals surface area (Å²) in [6, 6.07) is 27.5. The zero-order valence-corrected chi connectivity index (χ0v) is 20.1. The Morgan fingerprint density at radius 1 is 1.03 bits per heavy atom. The van der Waals surface area contributed by atoms with Gasteiger partial charge in [-0.2, -0.15) is 0 Å². The molecule has 3 aromatic carbocycles. The number of para-hydroxylation sites is 1. The number of likely N-dealkylation sites (tertiary alicyclic amines) is 1. The van der Waals surface area contributed by atoms with Crippen molar-refractivity contribution in [2.24, 2.45) is 0 Å². The molecule has 35 heavy (non-hydrogen) atoms. The Morgan fingerprint density at radius 3 is 2.51 bits per heavy atom. The Bertz CT molecular complexity index is 1340. The van der Waals surface area contributed by atoms with E-state index in [1.807, 2.05) is 86.6 Å². The van der Waals surface area contributed by atoms with E-state index >= 15 is 0 Å². The number of nitrogens with zero attached hydrogens (tertiary/aromatic N) is 2. The zero-order valence-electron chi connectivity index (χ0n) is 20.1. The number of ether oxygens (including phenoxy) is 1. The third-order valence-electron chi connectivity index (χ3n) is 7.03. The smallest absolute Gasteiger partial charge is 0.233 e. The van der Waals surface area contributed by atoms with Crippen molar-refractivity contribution in [3.63, 3.8) is 0 Å². The number of aryl methyl sites for hydroxylation is 1. The maximum absolute atomic E-state index is 13.3. The van der Waals surface area contributed by atoms with Gasteiger partial charge in [0.05, 0.1) is 23.6 Å². The Kier molecular flexibility index (Phi) is 6.27. The number of carbonyl (C=O) groups excluding carboxylic acids is 1. The van der Waals surface area contributed by atoms with Crippen molar-refractivity contribution in [2.45, 2.75) is 38.4 Å². The van der Waals surface area contributed by atoms with E-state index in [0.717, 1.165) is 45.5 Å². The van der Waals surface area contributed by atoms with E-state index in [-0.39, 0.29) is 5.91 Å². The van der Waals surface area contributed by atoms with E-state index < -0.39 is 11.5 Å². The van der Waals surface area contributed by atoms with Crippen molar-refractivity contribution in [3.8, 4) is 5.75 Å². The van der Waals surface area contributed by atoms with E-state index in [1.54, 1.807) is 4.90 Å². The normalized spacial score (nSPS) is 18.7. The van der Waals surface area contributed by atoms with Gasteiger partial charge in [-0.1, -0.05) is 60.7 Å². The van der Waals surface area contributed by atoms with Gasteiger partial charge in [0.25, 0.3) is 0 Å². The average molecular weight is 467 g/mol. The number of benzene rings is 3. The molecule has 0 saturated carbocycles. The van der Waals surface area contributed by atoms with Crippen molar-refractivity contribution < 1.29 is 14.6 Å². The molecule has 2 unspecified atom stereocenters. The minimum absolute atomic E-state index is 0.0554. The van der Waals surface area contributed by atoms with Gasteiger partial charge in [-0.05, 0) is 55.7 Å². The minimum atomic E-state index is -0.689. The molecule has 4 aromatic rings. The highest BCUT2D eigenvalue weighted by Crippen LogP contribution is 2.37. The second-order valence-electron chi connectivity index (χ2n) is 9.51. The molecule has 0 bridgehead atoms. The number of aliphatic hydroxyl groups is 1. The van der Waals surface area contributed by atoms with Crippen LogP contribution in [-0.4, -0.2) is 34.0 Å². The summed E-state index contributed by atoms with van der Waals surface area (Å²) in [6.07, 6.45) is 0.0294. The molecule has 5 heteroatoms. The molecule has 1 amide bonds. The fourth-order valence-electron chi connectivity index (χ4n) is 4.94. The molecule has 1 N–H and O–H groups in total. The quantitative estimate of drug-likeness (QED) is 0.399. The van der Waals surface area contributed by atoms with Gasteiger partial charge in [-0.15, -0.1) is 0 Å². The number of amides is 1. The molecule has 5 nitrogen and oxygen atoms in total. The number of rotatable bonds is 7. The van der Waals surface area contributed by atoms with Crippen LogP contribution in [0.5, 0.6) is 5.75 Å². The number of aromatic nitrogens is 1. The lowest BCUT2D eigenvalue weighted by Crippen LogP contribution is -2.37. The molecule has 0 aliphatic carbocycles. The van der Waals surface area contributed by atoms with Crippen molar-refractivity contribution in [1.82, 2.24) is 9.88 Å². The average Bonchev–Trinajstić information content (AvgIpc) is 3.17. The third kappa shape index (κ3) is 4.64. The van der Waals surface area contributed by atoms with Gasteiger partial charge < -0.3 is 14.7 Å². The van der Waals surface area contributed by atoms with Crippen molar-refractivity contribution >= 4 is 16.8 Å². The summed E-state index contributed by atoms with van der Waals surface area (Å²) >= 11 is 0. The summed E-state index contributed by atoms with van der Waals surface area (Å²) in [4.78, 5) is 19.7. The Balaban J connectivity index is 1.26. The first-order valence-electron chi connectivity index (χ1n) is 12.0. The van der Waals surface area contributed by atoms with Gasteiger partial charge in [0, 0.05) is 23.2 Å². The number of carbonyl (C=O) groups is 1. The predicted molar refractivity (Wildman–Crippen MR) is 137 cm³/mol. The first-order chi connectivity index (χ1) is 16.9. The molecule has 1 aliphatic heterocycles. The van der Waals surface area contributed by atoms with Crippen molar-refractivity contribution in [1.29, 1.82) is 0 Å². The lowest BCUT2D eigenvalue weighted by molar-refractivity contribution is -0.133. The predicted octanol–water partition coefficient (Wildman–Crippen LogP) is 5.35. The second kappa shape index (κ2) is 9.51. The summed E-state index contributed by atoms with van der Waals surface area (Å²) in [6.45, 7) is 5.37. The van der Waals surface area contributed by atoms with Crippen LogP contribution in [0.2, 0.25) is 0 Å².